The molecule has 0 aromatic carbocycles. The first-order valence-electron chi connectivity index (χ1n) is 6.18. The van der Waals surface area contributed by atoms with Crippen molar-refractivity contribution in [2.24, 2.45) is 17.8 Å². The quantitative estimate of drug-likeness (QED) is 0.611. The van der Waals surface area contributed by atoms with Gasteiger partial charge in [-0.1, -0.05) is 0 Å². The molecule has 4 fully saturated rings. The molecule has 4 aliphatic rings. The largest absolute Gasteiger partial charge is 0.465 e. The van der Waals surface area contributed by atoms with Gasteiger partial charge in [0.1, 0.15) is 11.4 Å². The topological polar surface area (TPSA) is 97.7 Å². The van der Waals surface area contributed by atoms with Gasteiger partial charge in [0.05, 0.1) is 0 Å². The minimum Gasteiger partial charge on any atom is -0.454 e. The summed E-state index contributed by atoms with van der Waals surface area (Å²) < 4.78 is 60.6. The van der Waals surface area contributed by atoms with Crippen LogP contribution >= 0.6 is 0 Å². The first-order valence-corrected chi connectivity index (χ1v) is 7.62. The fourth-order valence-corrected chi connectivity index (χ4v) is 4.17. The molecule has 112 valence electrons. The number of carbonyl (C=O) groups is 2. The highest BCUT2D eigenvalue weighted by Gasteiger charge is 2.64. The smallest absolute Gasteiger partial charge is 0.454 e. The Labute approximate surface area is 113 Å². The van der Waals surface area contributed by atoms with Crippen LogP contribution in [0.2, 0.25) is 0 Å². The molecule has 0 heterocycles. The standard InChI is InChI=1S/C11H12F2O6S/c12-11(13,20(16,17)18)9(15)19-10-2-5-1-6(3-10)8(14)7(5)4-10/h5-7H,1-4H2,(H,16,17,18)/t5-,6?,7?,10?/m0/s1. The molecular weight excluding hydrogens is 298 g/mol. The first kappa shape index (κ1) is 13.9. The number of alkyl halides is 2. The summed E-state index contributed by atoms with van der Waals surface area (Å²) in [6.45, 7) is 0. The van der Waals surface area contributed by atoms with Crippen LogP contribution in [0.25, 0.3) is 0 Å². The predicted molar refractivity (Wildman–Crippen MR) is 59.3 cm³/mol. The molecule has 0 spiro atoms. The molecule has 0 aromatic rings. The molecule has 6 nitrogen and oxygen atoms in total. The number of hydrogen-bond donors (Lipinski definition) is 1. The van der Waals surface area contributed by atoms with Crippen LogP contribution < -0.4 is 0 Å². The van der Waals surface area contributed by atoms with Crippen molar-refractivity contribution in [2.45, 2.75) is 36.5 Å². The molecule has 4 saturated carbocycles. The van der Waals surface area contributed by atoms with E-state index in [1.54, 1.807) is 0 Å². The third-order valence-corrected chi connectivity index (χ3v) is 5.45. The second kappa shape index (κ2) is 3.76. The minimum atomic E-state index is -5.86. The molecular formula is C11H12F2O6S. The van der Waals surface area contributed by atoms with Crippen molar-refractivity contribution in [1.82, 2.24) is 0 Å². The van der Waals surface area contributed by atoms with Gasteiger partial charge < -0.3 is 4.74 Å². The van der Waals surface area contributed by atoms with Gasteiger partial charge in [0.15, 0.2) is 0 Å². The van der Waals surface area contributed by atoms with E-state index in [9.17, 15) is 26.8 Å². The van der Waals surface area contributed by atoms with Gasteiger partial charge in [-0.15, -0.1) is 0 Å². The van der Waals surface area contributed by atoms with E-state index in [2.05, 4.69) is 0 Å². The summed E-state index contributed by atoms with van der Waals surface area (Å²) in [5.41, 5.74) is -1.18. The van der Waals surface area contributed by atoms with Gasteiger partial charge in [0.2, 0.25) is 0 Å². The second-order valence-electron chi connectivity index (χ2n) is 5.88. The zero-order valence-corrected chi connectivity index (χ0v) is 11.0. The third-order valence-electron chi connectivity index (χ3n) is 4.64. The van der Waals surface area contributed by atoms with Gasteiger partial charge in [-0.05, 0) is 31.6 Å². The highest BCUT2D eigenvalue weighted by Crippen LogP contribution is 2.59. The molecule has 4 bridgehead atoms. The Morgan fingerprint density at radius 3 is 2.50 bits per heavy atom. The van der Waals surface area contributed by atoms with Crippen molar-refractivity contribution in [3.05, 3.63) is 0 Å². The SMILES string of the molecule is O=C1C2C[C@H]3CC(OC(=O)C(F)(F)S(=O)(=O)O)(C2)CC13. The number of ketones is 1. The highest BCUT2D eigenvalue weighted by molar-refractivity contribution is 7.87. The van der Waals surface area contributed by atoms with Gasteiger partial charge in [0.25, 0.3) is 0 Å². The number of carbonyl (C=O) groups excluding carboxylic acids is 2. The Bertz CT molecular complexity index is 596. The van der Waals surface area contributed by atoms with Crippen molar-refractivity contribution in [3.63, 3.8) is 0 Å². The summed E-state index contributed by atoms with van der Waals surface area (Å²) in [5, 5.41) is -4.98. The van der Waals surface area contributed by atoms with Gasteiger partial charge in [-0.25, -0.2) is 4.79 Å². The normalized spacial score (nSPS) is 39.4. The molecule has 0 saturated heterocycles. The molecule has 4 rings (SSSR count). The Morgan fingerprint density at radius 1 is 1.35 bits per heavy atom. The molecule has 4 aliphatic carbocycles. The Balaban J connectivity index is 1.81. The van der Waals surface area contributed by atoms with Crippen molar-refractivity contribution in [2.75, 3.05) is 0 Å². The molecule has 9 heteroatoms. The predicted octanol–water partition coefficient (Wildman–Crippen LogP) is 0.768. The summed E-state index contributed by atoms with van der Waals surface area (Å²) in [5.74, 6) is -2.73. The van der Waals surface area contributed by atoms with Crippen LogP contribution in [0.5, 0.6) is 0 Å². The summed E-state index contributed by atoms with van der Waals surface area (Å²) in [6, 6.07) is 0. The van der Waals surface area contributed by atoms with Crippen molar-refractivity contribution in [1.29, 1.82) is 0 Å². The summed E-state index contributed by atoms with van der Waals surface area (Å²) in [7, 11) is -5.86. The minimum absolute atomic E-state index is 0.0217. The summed E-state index contributed by atoms with van der Waals surface area (Å²) in [6.07, 6.45) is 1.30. The zero-order valence-electron chi connectivity index (χ0n) is 10.2. The van der Waals surface area contributed by atoms with Gasteiger partial charge in [-0.2, -0.15) is 17.2 Å². The summed E-state index contributed by atoms with van der Waals surface area (Å²) in [4.78, 5) is 23.2. The summed E-state index contributed by atoms with van der Waals surface area (Å²) >= 11 is 0. The maximum atomic E-state index is 13.2. The fourth-order valence-electron chi connectivity index (χ4n) is 3.92. The maximum Gasteiger partial charge on any atom is 0.465 e. The van der Waals surface area contributed by atoms with Gasteiger partial charge in [-0.3, -0.25) is 9.35 Å². The van der Waals surface area contributed by atoms with Crippen LogP contribution in [0.15, 0.2) is 0 Å². The van der Waals surface area contributed by atoms with E-state index in [0.29, 0.717) is 12.8 Å². The van der Waals surface area contributed by atoms with Crippen LogP contribution in [0.3, 0.4) is 0 Å². The molecule has 1 N–H and O–H groups in total. The van der Waals surface area contributed by atoms with Crippen LogP contribution in [-0.2, 0) is 24.4 Å². The van der Waals surface area contributed by atoms with Crippen molar-refractivity contribution in [3.8, 4) is 0 Å². The van der Waals surface area contributed by atoms with Crippen LogP contribution in [0.4, 0.5) is 8.78 Å². The zero-order chi connectivity index (χ0) is 14.9. The average molecular weight is 310 g/mol. The molecule has 0 radical (unpaired) electrons. The van der Waals surface area contributed by atoms with Crippen molar-refractivity contribution < 1.29 is 36.1 Å². The van der Waals surface area contributed by atoms with E-state index in [1.807, 2.05) is 0 Å². The number of esters is 1. The van der Waals surface area contributed by atoms with Crippen LogP contribution in [0.1, 0.15) is 25.7 Å². The van der Waals surface area contributed by atoms with Crippen LogP contribution in [-0.4, -0.2) is 35.6 Å². The number of halogens is 2. The Morgan fingerprint density at radius 2 is 2.00 bits per heavy atom. The maximum absolute atomic E-state index is 13.2. The number of hydrogen-bond acceptors (Lipinski definition) is 5. The Kier molecular flexibility index (Phi) is 2.61. The van der Waals surface area contributed by atoms with E-state index in [4.69, 9.17) is 9.29 Å². The van der Waals surface area contributed by atoms with E-state index in [0.717, 1.165) is 0 Å². The molecule has 20 heavy (non-hydrogen) atoms. The molecule has 3 unspecified atom stereocenters. The lowest BCUT2D eigenvalue weighted by molar-refractivity contribution is -0.183. The fraction of sp³-hybridized carbons (Fsp3) is 0.818. The van der Waals surface area contributed by atoms with E-state index in [1.165, 1.54) is 0 Å². The van der Waals surface area contributed by atoms with Gasteiger partial charge in [0, 0.05) is 11.8 Å². The lowest BCUT2D eigenvalue weighted by Gasteiger charge is -2.37. The van der Waals surface area contributed by atoms with Gasteiger partial charge >= 0.3 is 21.3 Å². The molecule has 0 aromatic heterocycles. The van der Waals surface area contributed by atoms with E-state index in [-0.39, 0.29) is 36.4 Å². The monoisotopic (exact) mass is 310 g/mol. The molecule has 0 amide bonds. The van der Waals surface area contributed by atoms with E-state index >= 15 is 0 Å². The third kappa shape index (κ3) is 1.72. The number of Topliss-reactive ketones (excluding diaryl/α,β-unsaturated/α-hetero) is 1. The number of ether oxygens (including phenoxy) is 1. The van der Waals surface area contributed by atoms with Crippen LogP contribution in [0, 0.1) is 17.8 Å². The number of rotatable bonds is 3. The van der Waals surface area contributed by atoms with Crippen molar-refractivity contribution >= 4 is 21.9 Å². The van der Waals surface area contributed by atoms with E-state index < -0.39 is 26.9 Å². The first-order chi connectivity index (χ1) is 9.06. The Hall–Kier alpha value is -1.09. The molecule has 4 atom stereocenters. The highest BCUT2D eigenvalue weighted by atomic mass is 32.2. The lowest BCUT2D eigenvalue weighted by atomic mass is 9.77. The molecule has 0 aliphatic heterocycles. The lowest BCUT2D eigenvalue weighted by Crippen LogP contribution is -2.47. The second-order valence-corrected chi connectivity index (χ2v) is 7.34. The average Bonchev–Trinajstić information content (AvgIpc) is 2.67.